The molecule has 0 atom stereocenters. The fourth-order valence-corrected chi connectivity index (χ4v) is 4.20. The molecule has 4 rings (SSSR count). The second-order valence-electron chi connectivity index (χ2n) is 6.67. The summed E-state index contributed by atoms with van der Waals surface area (Å²) < 4.78 is 8.54. The second kappa shape index (κ2) is 8.08. The number of ether oxygens (including phenoxy) is 1. The molecule has 0 unspecified atom stereocenters. The number of fused-ring (bicyclic) bond motifs is 3. The van der Waals surface area contributed by atoms with Crippen molar-refractivity contribution < 1.29 is 9.53 Å². The van der Waals surface area contributed by atoms with Gasteiger partial charge < -0.3 is 10.1 Å². The molecule has 8 heteroatoms. The zero-order valence-corrected chi connectivity index (χ0v) is 17.2. The van der Waals surface area contributed by atoms with E-state index in [9.17, 15) is 9.59 Å². The van der Waals surface area contributed by atoms with Crippen LogP contribution in [0, 0.1) is 0 Å². The van der Waals surface area contributed by atoms with Crippen molar-refractivity contribution in [1.82, 2.24) is 19.5 Å². The lowest BCUT2D eigenvalue weighted by Gasteiger charge is -2.10. The number of methoxy groups -OCH3 is 1. The van der Waals surface area contributed by atoms with Crippen molar-refractivity contribution in [3.05, 3.63) is 62.8 Å². The Morgan fingerprint density at radius 3 is 2.83 bits per heavy atom. The van der Waals surface area contributed by atoms with Gasteiger partial charge in [-0.05, 0) is 36.1 Å². The molecule has 0 saturated carbocycles. The fourth-order valence-electron chi connectivity index (χ4n) is 3.49. The summed E-state index contributed by atoms with van der Waals surface area (Å²) in [5, 5.41) is 10.2. The summed E-state index contributed by atoms with van der Waals surface area (Å²) in [7, 11) is 1.61. The van der Waals surface area contributed by atoms with Crippen molar-refractivity contribution in [2.24, 2.45) is 0 Å². The van der Waals surface area contributed by atoms with E-state index in [1.165, 1.54) is 9.56 Å². The lowest BCUT2D eigenvalue weighted by molar-refractivity contribution is -0.121. The topological polar surface area (TPSA) is 77.6 Å². The molecule has 0 aliphatic rings. The minimum absolute atomic E-state index is 0.106. The van der Waals surface area contributed by atoms with Crippen LogP contribution in [0.15, 0.2) is 46.6 Å². The maximum absolute atomic E-state index is 13.0. The Morgan fingerprint density at radius 1 is 1.24 bits per heavy atom. The van der Waals surface area contributed by atoms with Crippen LogP contribution < -0.4 is 15.6 Å². The normalized spacial score (nSPS) is 11.2. The highest BCUT2D eigenvalue weighted by Gasteiger charge is 2.17. The van der Waals surface area contributed by atoms with Gasteiger partial charge in [-0.25, -0.2) is 4.68 Å². The van der Waals surface area contributed by atoms with Gasteiger partial charge in [0.25, 0.3) is 5.56 Å². The molecule has 4 aromatic rings. The van der Waals surface area contributed by atoms with E-state index in [0.29, 0.717) is 30.1 Å². The zero-order valence-electron chi connectivity index (χ0n) is 16.3. The standard InChI is InChI=1S/C21H22N4O3S/c1-3-19-23-24(13-20(26)22-10-9-14-6-5-11-29-14)21(27)17-12-15-16(25(17)19)7-4-8-18(15)28-2/h4-8,11-12H,3,9-10,13H2,1-2H3,(H,22,26). The van der Waals surface area contributed by atoms with Crippen molar-refractivity contribution in [2.45, 2.75) is 26.3 Å². The molecule has 7 nitrogen and oxygen atoms in total. The van der Waals surface area contributed by atoms with Gasteiger partial charge in [0.05, 0.1) is 12.6 Å². The number of aryl methyl sites for hydroxylation is 1. The van der Waals surface area contributed by atoms with Crippen molar-refractivity contribution in [3.8, 4) is 5.75 Å². The van der Waals surface area contributed by atoms with Crippen LogP contribution in [0.4, 0.5) is 0 Å². The number of hydrogen-bond donors (Lipinski definition) is 1. The van der Waals surface area contributed by atoms with Gasteiger partial charge >= 0.3 is 0 Å². The lowest BCUT2D eigenvalue weighted by Crippen LogP contribution is -2.35. The zero-order chi connectivity index (χ0) is 20.4. The van der Waals surface area contributed by atoms with E-state index in [2.05, 4.69) is 10.4 Å². The van der Waals surface area contributed by atoms with Gasteiger partial charge in [-0.2, -0.15) is 5.10 Å². The van der Waals surface area contributed by atoms with Gasteiger partial charge in [-0.1, -0.05) is 19.1 Å². The van der Waals surface area contributed by atoms with Crippen molar-refractivity contribution in [3.63, 3.8) is 0 Å². The average molecular weight is 410 g/mol. The molecular weight excluding hydrogens is 388 g/mol. The van der Waals surface area contributed by atoms with E-state index >= 15 is 0 Å². The highest BCUT2D eigenvalue weighted by Crippen LogP contribution is 2.28. The molecule has 0 aliphatic heterocycles. The number of nitrogens with one attached hydrogen (secondary N) is 1. The van der Waals surface area contributed by atoms with Crippen LogP contribution in [0.1, 0.15) is 17.6 Å². The first-order valence-corrected chi connectivity index (χ1v) is 10.4. The Labute approximate surface area is 171 Å². The summed E-state index contributed by atoms with van der Waals surface area (Å²) in [5.41, 5.74) is 1.06. The van der Waals surface area contributed by atoms with Crippen molar-refractivity contribution >= 4 is 33.7 Å². The number of nitrogens with zero attached hydrogens (tertiary/aromatic N) is 3. The van der Waals surface area contributed by atoms with Gasteiger partial charge in [0.15, 0.2) is 0 Å². The van der Waals surface area contributed by atoms with E-state index in [-0.39, 0.29) is 18.0 Å². The van der Waals surface area contributed by atoms with E-state index < -0.39 is 0 Å². The number of carbonyl (C=O) groups excluding carboxylic acids is 1. The molecule has 29 heavy (non-hydrogen) atoms. The van der Waals surface area contributed by atoms with E-state index in [4.69, 9.17) is 4.74 Å². The number of rotatable bonds is 7. The summed E-state index contributed by atoms with van der Waals surface area (Å²) >= 11 is 1.66. The molecule has 0 saturated heterocycles. The summed E-state index contributed by atoms with van der Waals surface area (Å²) in [6.45, 7) is 2.40. The summed E-state index contributed by atoms with van der Waals surface area (Å²) in [6.07, 6.45) is 1.40. The van der Waals surface area contributed by atoms with E-state index in [0.717, 1.165) is 17.3 Å². The van der Waals surface area contributed by atoms with Crippen LogP contribution in [-0.2, 0) is 24.2 Å². The maximum atomic E-state index is 13.0. The highest BCUT2D eigenvalue weighted by molar-refractivity contribution is 7.09. The van der Waals surface area contributed by atoms with Crippen LogP contribution in [0.5, 0.6) is 5.75 Å². The van der Waals surface area contributed by atoms with Gasteiger partial charge in [-0.15, -0.1) is 11.3 Å². The van der Waals surface area contributed by atoms with Crippen molar-refractivity contribution in [2.75, 3.05) is 13.7 Å². The molecule has 0 spiro atoms. The number of hydrogen-bond acceptors (Lipinski definition) is 5. The largest absolute Gasteiger partial charge is 0.496 e. The Hall–Kier alpha value is -3.13. The molecule has 1 N–H and O–H groups in total. The molecular formula is C21H22N4O3S. The first-order chi connectivity index (χ1) is 14.1. The van der Waals surface area contributed by atoms with Gasteiger partial charge in [0, 0.05) is 23.2 Å². The first kappa shape index (κ1) is 19.2. The van der Waals surface area contributed by atoms with Crippen LogP contribution in [0.3, 0.4) is 0 Å². The van der Waals surface area contributed by atoms with Crippen LogP contribution in [0.2, 0.25) is 0 Å². The third kappa shape index (κ3) is 3.63. The Bertz CT molecular complexity index is 1220. The minimum Gasteiger partial charge on any atom is -0.496 e. The molecule has 0 bridgehead atoms. The SMILES string of the molecule is CCc1nn(CC(=O)NCCc2cccs2)c(=O)c2cc3c(OC)cccc3n12. The summed E-state index contributed by atoms with van der Waals surface area (Å²) in [6, 6.07) is 11.5. The fraction of sp³-hybridized carbons (Fsp3) is 0.286. The molecule has 1 amide bonds. The molecule has 0 radical (unpaired) electrons. The number of carbonyl (C=O) groups is 1. The quantitative estimate of drug-likeness (QED) is 0.508. The molecule has 150 valence electrons. The van der Waals surface area contributed by atoms with Crippen LogP contribution in [0.25, 0.3) is 16.4 Å². The van der Waals surface area contributed by atoms with Crippen molar-refractivity contribution in [1.29, 1.82) is 0 Å². The predicted octanol–water partition coefficient (Wildman–Crippen LogP) is 2.64. The summed E-state index contributed by atoms with van der Waals surface area (Å²) in [4.78, 5) is 26.6. The van der Waals surface area contributed by atoms with E-state index in [1.54, 1.807) is 18.4 Å². The number of aromatic nitrogens is 3. The van der Waals surface area contributed by atoms with Gasteiger partial charge in [0.2, 0.25) is 5.91 Å². The monoisotopic (exact) mass is 410 g/mol. The molecule has 0 fully saturated rings. The number of thiophene rings is 1. The maximum Gasteiger partial charge on any atom is 0.291 e. The number of amides is 1. The molecule has 1 aromatic carbocycles. The first-order valence-electron chi connectivity index (χ1n) is 9.49. The predicted molar refractivity (Wildman–Crippen MR) is 114 cm³/mol. The Morgan fingerprint density at radius 2 is 2.10 bits per heavy atom. The second-order valence-corrected chi connectivity index (χ2v) is 7.70. The minimum atomic E-state index is -0.297. The lowest BCUT2D eigenvalue weighted by atomic mass is 10.2. The Balaban J connectivity index is 1.64. The van der Waals surface area contributed by atoms with Gasteiger partial charge in [-0.3, -0.25) is 14.0 Å². The third-order valence-electron chi connectivity index (χ3n) is 4.86. The highest BCUT2D eigenvalue weighted by atomic mass is 32.1. The van der Waals surface area contributed by atoms with Crippen LogP contribution >= 0.6 is 11.3 Å². The molecule has 0 aliphatic carbocycles. The van der Waals surface area contributed by atoms with E-state index in [1.807, 2.05) is 53.1 Å². The smallest absolute Gasteiger partial charge is 0.291 e. The summed E-state index contributed by atoms with van der Waals surface area (Å²) in [5.74, 6) is 1.19. The Kier molecular flexibility index (Phi) is 5.35. The molecule has 3 heterocycles. The van der Waals surface area contributed by atoms with Gasteiger partial charge in [0.1, 0.15) is 23.6 Å². The average Bonchev–Trinajstić information content (AvgIpc) is 3.38. The number of benzene rings is 1. The molecule has 3 aromatic heterocycles. The third-order valence-corrected chi connectivity index (χ3v) is 5.79. The van der Waals surface area contributed by atoms with Crippen LogP contribution in [-0.4, -0.2) is 33.7 Å².